The van der Waals surface area contributed by atoms with Gasteiger partial charge in [0.05, 0.1) is 24.9 Å². The molecule has 0 spiro atoms. The number of nitrogens with zero attached hydrogens (tertiary/aromatic N) is 1. The van der Waals surface area contributed by atoms with Crippen LogP contribution in [0.4, 0.5) is 4.39 Å². The van der Waals surface area contributed by atoms with E-state index in [0.717, 1.165) is 6.42 Å². The molecule has 2 rings (SSSR count). The number of unbranched alkanes of at least 4 members (excludes halogenated alkanes) is 1. The van der Waals surface area contributed by atoms with Crippen molar-refractivity contribution < 1.29 is 28.9 Å². The minimum absolute atomic E-state index is 0.0606. The maximum absolute atomic E-state index is 12.9. The van der Waals surface area contributed by atoms with Crippen LogP contribution in [0.25, 0.3) is 0 Å². The number of carbonyl (C=O) groups excluding carboxylic acids is 1. The van der Waals surface area contributed by atoms with Gasteiger partial charge in [-0.3, -0.25) is 4.79 Å². The van der Waals surface area contributed by atoms with E-state index in [1.54, 1.807) is 6.92 Å². The number of halogens is 1. The Morgan fingerprint density at radius 2 is 2.03 bits per heavy atom. The summed E-state index contributed by atoms with van der Waals surface area (Å²) < 4.78 is 23.3. The minimum Gasteiger partial charge on any atom is -0.491 e. The van der Waals surface area contributed by atoms with Crippen LogP contribution in [-0.2, 0) is 9.53 Å². The fraction of sp³-hybridized carbons (Fsp3) is 0.625. The van der Waals surface area contributed by atoms with Gasteiger partial charge in [0.2, 0.25) is 0 Å². The first-order valence-corrected chi connectivity index (χ1v) is 11.3. The summed E-state index contributed by atoms with van der Waals surface area (Å²) >= 11 is 0. The molecule has 0 amide bonds. The molecule has 1 aliphatic rings. The Morgan fingerprint density at radius 3 is 2.72 bits per heavy atom. The number of aliphatic hydroxyl groups is 2. The van der Waals surface area contributed by atoms with E-state index >= 15 is 0 Å². The second-order valence-electron chi connectivity index (χ2n) is 8.20. The maximum atomic E-state index is 12.9. The van der Waals surface area contributed by atoms with Gasteiger partial charge in [-0.2, -0.15) is 4.91 Å². The first kappa shape index (κ1) is 25.9. The van der Waals surface area contributed by atoms with E-state index in [4.69, 9.17) is 9.47 Å². The number of hydrogen-bond donors (Lipinski definition) is 2. The molecule has 8 heteroatoms. The van der Waals surface area contributed by atoms with Crippen LogP contribution < -0.4 is 4.74 Å². The molecule has 0 radical (unpaired) electrons. The zero-order valence-electron chi connectivity index (χ0n) is 18.6. The molecule has 1 fully saturated rings. The van der Waals surface area contributed by atoms with Crippen molar-refractivity contribution in [2.24, 2.45) is 17.0 Å². The standard InChI is InChI=1S/C24H34FNO6/c1-2-31-24(29)8-6-4-3-5-7-21-20(22(26-30)15-23(21)28)14-11-18(27)16-32-19-12-9-17(25)10-13-19/h3,5,9-10,12-13,18,20-23,27-28H,2,4,6-8,11,14-16H2,1H3/t18-,20-,21-,22?,23+/m1/s1. The van der Waals surface area contributed by atoms with E-state index in [1.165, 1.54) is 24.3 Å². The van der Waals surface area contributed by atoms with Gasteiger partial charge in [-0.15, -0.1) is 0 Å². The van der Waals surface area contributed by atoms with Crippen LogP contribution in [0.1, 0.15) is 51.9 Å². The first-order valence-electron chi connectivity index (χ1n) is 11.3. The molecule has 2 N–H and O–H groups in total. The fourth-order valence-electron chi connectivity index (χ4n) is 4.19. The van der Waals surface area contributed by atoms with Crippen molar-refractivity contribution in [3.63, 3.8) is 0 Å². The molecule has 7 nitrogen and oxygen atoms in total. The Morgan fingerprint density at radius 1 is 1.28 bits per heavy atom. The molecule has 1 aromatic rings. The van der Waals surface area contributed by atoms with Crippen LogP contribution >= 0.6 is 0 Å². The molecule has 0 aromatic heterocycles. The lowest BCUT2D eigenvalue weighted by Gasteiger charge is -2.23. The topological polar surface area (TPSA) is 105 Å². The average Bonchev–Trinajstić information content (AvgIpc) is 3.08. The van der Waals surface area contributed by atoms with Gasteiger partial charge >= 0.3 is 5.97 Å². The van der Waals surface area contributed by atoms with Crippen LogP contribution in [0.5, 0.6) is 5.75 Å². The molecular formula is C24H34FNO6. The monoisotopic (exact) mass is 451 g/mol. The highest BCUT2D eigenvalue weighted by atomic mass is 19.1. The van der Waals surface area contributed by atoms with Gasteiger partial charge in [0.15, 0.2) is 0 Å². The molecule has 5 atom stereocenters. The summed E-state index contributed by atoms with van der Waals surface area (Å²) in [5.74, 6) is -0.310. The Kier molecular flexibility index (Phi) is 11.3. The molecule has 32 heavy (non-hydrogen) atoms. The zero-order chi connectivity index (χ0) is 23.3. The summed E-state index contributed by atoms with van der Waals surface area (Å²) in [7, 11) is 0. The highest BCUT2D eigenvalue weighted by Gasteiger charge is 2.42. The molecule has 0 bridgehead atoms. The van der Waals surface area contributed by atoms with Gasteiger partial charge in [-0.05, 0) is 81.5 Å². The summed E-state index contributed by atoms with van der Waals surface area (Å²) in [6.07, 6.45) is 6.31. The number of nitroso groups, excluding NO2 is 1. The molecule has 0 aliphatic heterocycles. The van der Waals surface area contributed by atoms with Crippen molar-refractivity contribution in [3.05, 3.63) is 47.1 Å². The Balaban J connectivity index is 1.77. The average molecular weight is 452 g/mol. The van der Waals surface area contributed by atoms with E-state index in [2.05, 4.69) is 5.18 Å². The number of esters is 1. The van der Waals surface area contributed by atoms with Crippen molar-refractivity contribution in [1.82, 2.24) is 0 Å². The first-order chi connectivity index (χ1) is 15.4. The number of aliphatic hydroxyl groups excluding tert-OH is 2. The lowest BCUT2D eigenvalue weighted by atomic mass is 9.85. The third kappa shape index (κ3) is 8.67. The summed E-state index contributed by atoms with van der Waals surface area (Å²) in [5, 5.41) is 23.9. The van der Waals surface area contributed by atoms with Crippen LogP contribution in [-0.4, -0.2) is 47.6 Å². The van der Waals surface area contributed by atoms with Gasteiger partial charge in [0, 0.05) is 6.42 Å². The van der Waals surface area contributed by atoms with Crippen molar-refractivity contribution in [1.29, 1.82) is 0 Å². The summed E-state index contributed by atoms with van der Waals surface area (Å²) in [5.41, 5.74) is 0. The van der Waals surface area contributed by atoms with Crippen molar-refractivity contribution >= 4 is 5.97 Å². The van der Waals surface area contributed by atoms with Gasteiger partial charge in [0.1, 0.15) is 18.2 Å². The van der Waals surface area contributed by atoms with E-state index in [9.17, 15) is 24.3 Å². The number of ether oxygens (including phenoxy) is 2. The minimum atomic E-state index is -0.746. The van der Waals surface area contributed by atoms with Gasteiger partial charge in [0.25, 0.3) is 0 Å². The predicted octanol–water partition coefficient (Wildman–Crippen LogP) is 4.16. The van der Waals surface area contributed by atoms with E-state index in [0.29, 0.717) is 50.9 Å². The lowest BCUT2D eigenvalue weighted by molar-refractivity contribution is -0.143. The normalized spacial score (nSPS) is 23.9. The van der Waals surface area contributed by atoms with Gasteiger partial charge < -0.3 is 19.7 Å². The van der Waals surface area contributed by atoms with E-state index < -0.39 is 18.2 Å². The maximum Gasteiger partial charge on any atom is 0.305 e. The Hall–Kier alpha value is -2.32. The van der Waals surface area contributed by atoms with Crippen molar-refractivity contribution in [2.45, 2.75) is 70.1 Å². The molecule has 0 heterocycles. The summed E-state index contributed by atoms with van der Waals surface area (Å²) in [6, 6.07) is 5.10. The van der Waals surface area contributed by atoms with Gasteiger partial charge in [-0.25, -0.2) is 4.39 Å². The van der Waals surface area contributed by atoms with Crippen LogP contribution in [0.2, 0.25) is 0 Å². The summed E-state index contributed by atoms with van der Waals surface area (Å²) in [4.78, 5) is 22.6. The van der Waals surface area contributed by atoms with Crippen molar-refractivity contribution in [3.8, 4) is 5.75 Å². The van der Waals surface area contributed by atoms with E-state index in [1.807, 2.05) is 12.2 Å². The van der Waals surface area contributed by atoms with Crippen LogP contribution in [0, 0.1) is 22.6 Å². The third-order valence-electron chi connectivity index (χ3n) is 5.88. The smallest absolute Gasteiger partial charge is 0.305 e. The second kappa shape index (κ2) is 14.0. The Labute approximate surface area is 188 Å². The quantitative estimate of drug-likeness (QED) is 0.190. The lowest BCUT2D eigenvalue weighted by Crippen LogP contribution is -2.24. The largest absolute Gasteiger partial charge is 0.491 e. The number of benzene rings is 1. The molecule has 1 aliphatic carbocycles. The zero-order valence-corrected chi connectivity index (χ0v) is 18.6. The molecule has 1 aromatic carbocycles. The van der Waals surface area contributed by atoms with E-state index in [-0.39, 0.29) is 30.2 Å². The Bertz CT molecular complexity index is 726. The molecular weight excluding hydrogens is 417 g/mol. The highest BCUT2D eigenvalue weighted by Crippen LogP contribution is 2.40. The molecule has 1 saturated carbocycles. The highest BCUT2D eigenvalue weighted by molar-refractivity contribution is 5.69. The molecule has 1 unspecified atom stereocenters. The molecule has 0 saturated heterocycles. The SMILES string of the molecule is CCOC(=O)CCCC=CC[C@H]1[C@@H](O)CC(N=O)[C@@H]1CC[C@@H](O)COc1ccc(F)cc1. The number of allylic oxidation sites excluding steroid dienone is 2. The number of carbonyl (C=O) groups is 1. The number of rotatable bonds is 14. The van der Waals surface area contributed by atoms with Gasteiger partial charge in [-0.1, -0.05) is 17.3 Å². The van der Waals surface area contributed by atoms with Crippen molar-refractivity contribution in [2.75, 3.05) is 13.2 Å². The van der Waals surface area contributed by atoms with Crippen LogP contribution in [0.3, 0.4) is 0 Å². The fourth-order valence-corrected chi connectivity index (χ4v) is 4.19. The third-order valence-corrected chi connectivity index (χ3v) is 5.88. The second-order valence-corrected chi connectivity index (χ2v) is 8.20. The van der Waals surface area contributed by atoms with Crippen LogP contribution in [0.15, 0.2) is 41.6 Å². The predicted molar refractivity (Wildman–Crippen MR) is 119 cm³/mol. The number of hydrogen-bond acceptors (Lipinski definition) is 7. The summed E-state index contributed by atoms with van der Waals surface area (Å²) in [6.45, 7) is 2.22. The molecule has 178 valence electrons.